The highest BCUT2D eigenvalue weighted by atomic mass is 16.5. The molecule has 0 fully saturated rings. The number of carbonyl (C=O) groups is 1. The lowest BCUT2D eigenvalue weighted by Crippen LogP contribution is -2.34. The summed E-state index contributed by atoms with van der Waals surface area (Å²) in [6, 6.07) is 12.0. The van der Waals surface area contributed by atoms with Gasteiger partial charge >= 0.3 is 0 Å². The maximum absolute atomic E-state index is 12.8. The quantitative estimate of drug-likeness (QED) is 0.717. The van der Waals surface area contributed by atoms with Gasteiger partial charge in [0, 0.05) is 35.8 Å². The molecule has 0 aliphatic carbocycles. The number of benzene rings is 2. The molecule has 0 saturated heterocycles. The van der Waals surface area contributed by atoms with Gasteiger partial charge in [0.2, 0.25) is 0 Å². The minimum absolute atomic E-state index is 0.145. The molecule has 5 nitrogen and oxygen atoms in total. The molecule has 1 aromatic heterocycles. The molecule has 0 saturated carbocycles. The van der Waals surface area contributed by atoms with E-state index in [9.17, 15) is 4.79 Å². The van der Waals surface area contributed by atoms with E-state index in [-0.39, 0.29) is 5.78 Å². The Bertz CT molecular complexity index is 961. The summed E-state index contributed by atoms with van der Waals surface area (Å²) in [5.74, 6) is 1.64. The minimum Gasteiger partial charge on any atom is -0.493 e. The Morgan fingerprint density at radius 2 is 1.85 bits per heavy atom. The van der Waals surface area contributed by atoms with E-state index in [0.29, 0.717) is 6.54 Å². The Morgan fingerprint density at radius 1 is 1.12 bits per heavy atom. The molecule has 1 N–H and O–H groups in total. The van der Waals surface area contributed by atoms with Crippen LogP contribution in [0.3, 0.4) is 0 Å². The molecular weight excluding hydrogens is 328 g/mol. The van der Waals surface area contributed by atoms with Crippen molar-refractivity contribution in [3.63, 3.8) is 0 Å². The van der Waals surface area contributed by atoms with Crippen molar-refractivity contribution >= 4 is 16.7 Å². The Balaban J connectivity index is 1.53. The van der Waals surface area contributed by atoms with Crippen LogP contribution in [-0.2, 0) is 13.0 Å². The lowest BCUT2D eigenvalue weighted by Gasteiger charge is -2.29. The summed E-state index contributed by atoms with van der Waals surface area (Å²) in [7, 11) is 3.30. The van der Waals surface area contributed by atoms with Crippen molar-refractivity contribution in [3.8, 4) is 11.5 Å². The van der Waals surface area contributed by atoms with Gasteiger partial charge in [-0.1, -0.05) is 18.2 Å². The van der Waals surface area contributed by atoms with Gasteiger partial charge in [-0.2, -0.15) is 0 Å². The summed E-state index contributed by atoms with van der Waals surface area (Å²) < 4.78 is 10.8. The minimum atomic E-state index is 0.145. The Hall–Kier alpha value is -2.79. The molecule has 0 bridgehead atoms. The van der Waals surface area contributed by atoms with E-state index in [1.165, 1.54) is 11.1 Å². The maximum atomic E-state index is 12.8. The number of H-pyrrole nitrogens is 1. The summed E-state index contributed by atoms with van der Waals surface area (Å²) in [5.41, 5.74) is 4.22. The number of ether oxygens (including phenoxy) is 2. The van der Waals surface area contributed by atoms with Crippen molar-refractivity contribution in [2.24, 2.45) is 0 Å². The SMILES string of the molecule is COc1cc2c(cc1OC)CN(CC(=O)c1c[nH]c3ccccc13)CC2. The first kappa shape index (κ1) is 16.7. The summed E-state index contributed by atoms with van der Waals surface area (Å²) in [5, 5.41) is 0.987. The fraction of sp³-hybridized carbons (Fsp3) is 0.286. The van der Waals surface area contributed by atoms with E-state index >= 15 is 0 Å². The van der Waals surface area contributed by atoms with Crippen LogP contribution in [-0.4, -0.2) is 43.0 Å². The molecule has 1 aliphatic rings. The summed E-state index contributed by atoms with van der Waals surface area (Å²) in [6.45, 7) is 2.01. The number of nitrogens with zero attached hydrogens (tertiary/aromatic N) is 1. The molecule has 0 radical (unpaired) electrons. The maximum Gasteiger partial charge on any atom is 0.178 e. The molecule has 2 aromatic carbocycles. The normalized spacial score (nSPS) is 14.2. The zero-order chi connectivity index (χ0) is 18.1. The fourth-order valence-electron chi connectivity index (χ4n) is 3.67. The molecule has 0 atom stereocenters. The van der Waals surface area contributed by atoms with Gasteiger partial charge in [-0.15, -0.1) is 0 Å². The molecule has 1 aliphatic heterocycles. The van der Waals surface area contributed by atoms with Crippen molar-refractivity contribution in [2.75, 3.05) is 27.3 Å². The van der Waals surface area contributed by atoms with Gasteiger partial charge in [0.1, 0.15) is 0 Å². The van der Waals surface area contributed by atoms with Crippen LogP contribution < -0.4 is 9.47 Å². The van der Waals surface area contributed by atoms with Gasteiger partial charge in [0.25, 0.3) is 0 Å². The Morgan fingerprint density at radius 3 is 2.62 bits per heavy atom. The first-order valence-electron chi connectivity index (χ1n) is 8.75. The van der Waals surface area contributed by atoms with Crippen LogP contribution >= 0.6 is 0 Å². The molecule has 0 spiro atoms. The van der Waals surface area contributed by atoms with E-state index in [4.69, 9.17) is 9.47 Å². The molecule has 26 heavy (non-hydrogen) atoms. The Kier molecular flexibility index (Phi) is 4.39. The second-order valence-corrected chi connectivity index (χ2v) is 6.61. The molecule has 0 unspecified atom stereocenters. The molecule has 134 valence electrons. The second-order valence-electron chi connectivity index (χ2n) is 6.61. The number of ketones is 1. The van der Waals surface area contributed by atoms with Gasteiger partial charge in [0.15, 0.2) is 17.3 Å². The zero-order valence-corrected chi connectivity index (χ0v) is 15.0. The molecule has 2 heterocycles. The summed E-state index contributed by atoms with van der Waals surface area (Å²) in [4.78, 5) is 18.2. The average molecular weight is 350 g/mol. The number of aromatic nitrogens is 1. The summed E-state index contributed by atoms with van der Waals surface area (Å²) in [6.07, 6.45) is 2.72. The number of Topliss-reactive ketones (excluding diaryl/α,β-unsaturated/α-hetero) is 1. The number of fused-ring (bicyclic) bond motifs is 2. The standard InChI is InChI=1S/C21H22N2O3/c1-25-20-9-14-7-8-23(12-15(14)10-21(20)26-2)13-19(24)17-11-22-18-6-4-3-5-16(17)18/h3-6,9-11,22H,7-8,12-13H2,1-2H3. The van der Waals surface area contributed by atoms with Crippen LogP contribution in [0, 0.1) is 0 Å². The van der Waals surface area contributed by atoms with Crippen molar-refractivity contribution in [1.29, 1.82) is 0 Å². The topological polar surface area (TPSA) is 54.6 Å². The van der Waals surface area contributed by atoms with Crippen molar-refractivity contribution in [2.45, 2.75) is 13.0 Å². The molecule has 3 aromatic rings. The third-order valence-electron chi connectivity index (χ3n) is 5.05. The molecule has 0 amide bonds. The highest BCUT2D eigenvalue weighted by Crippen LogP contribution is 2.33. The van der Waals surface area contributed by atoms with E-state index in [0.717, 1.165) is 47.5 Å². The van der Waals surface area contributed by atoms with Crippen LogP contribution in [0.5, 0.6) is 11.5 Å². The number of carbonyl (C=O) groups excluding carboxylic acids is 1. The number of para-hydroxylation sites is 1. The summed E-state index contributed by atoms with van der Waals surface area (Å²) >= 11 is 0. The van der Waals surface area contributed by atoms with Gasteiger partial charge in [-0.3, -0.25) is 9.69 Å². The van der Waals surface area contributed by atoms with E-state index in [2.05, 4.69) is 9.88 Å². The number of rotatable bonds is 5. The largest absolute Gasteiger partial charge is 0.493 e. The van der Waals surface area contributed by atoms with Crippen molar-refractivity contribution in [1.82, 2.24) is 9.88 Å². The predicted molar refractivity (Wildman–Crippen MR) is 101 cm³/mol. The fourth-order valence-corrected chi connectivity index (χ4v) is 3.67. The Labute approximate surface area is 152 Å². The van der Waals surface area contributed by atoms with Crippen LogP contribution in [0.25, 0.3) is 10.9 Å². The number of nitrogens with one attached hydrogen (secondary N) is 1. The highest BCUT2D eigenvalue weighted by molar-refractivity contribution is 6.08. The molecular formula is C21H22N2O3. The molecule has 4 rings (SSSR count). The van der Waals surface area contributed by atoms with Crippen LogP contribution in [0.2, 0.25) is 0 Å². The number of hydrogen-bond donors (Lipinski definition) is 1. The lowest BCUT2D eigenvalue weighted by atomic mass is 9.98. The van der Waals surface area contributed by atoms with E-state index < -0.39 is 0 Å². The van der Waals surface area contributed by atoms with Crippen molar-refractivity contribution < 1.29 is 14.3 Å². The predicted octanol–water partition coefficient (Wildman–Crippen LogP) is 3.43. The van der Waals surface area contributed by atoms with Crippen LogP contribution in [0.1, 0.15) is 21.5 Å². The van der Waals surface area contributed by atoms with Crippen LogP contribution in [0.4, 0.5) is 0 Å². The van der Waals surface area contributed by atoms with Gasteiger partial charge in [0.05, 0.1) is 20.8 Å². The number of aromatic amines is 1. The van der Waals surface area contributed by atoms with Crippen molar-refractivity contribution in [3.05, 3.63) is 59.3 Å². The lowest BCUT2D eigenvalue weighted by molar-refractivity contribution is 0.0923. The van der Waals surface area contributed by atoms with E-state index in [1.54, 1.807) is 14.2 Å². The van der Waals surface area contributed by atoms with Crippen LogP contribution in [0.15, 0.2) is 42.6 Å². The monoisotopic (exact) mass is 350 g/mol. The van der Waals surface area contributed by atoms with Gasteiger partial charge in [-0.25, -0.2) is 0 Å². The van der Waals surface area contributed by atoms with Gasteiger partial charge < -0.3 is 14.5 Å². The van der Waals surface area contributed by atoms with E-state index in [1.807, 2.05) is 42.6 Å². The zero-order valence-electron chi connectivity index (χ0n) is 15.0. The first-order chi connectivity index (χ1) is 12.7. The number of hydrogen-bond acceptors (Lipinski definition) is 4. The smallest absolute Gasteiger partial charge is 0.178 e. The first-order valence-corrected chi connectivity index (χ1v) is 8.75. The van der Waals surface area contributed by atoms with Gasteiger partial charge in [-0.05, 0) is 35.7 Å². The molecule has 5 heteroatoms. The average Bonchev–Trinajstić information content (AvgIpc) is 3.11. The third kappa shape index (κ3) is 2.95. The third-order valence-corrected chi connectivity index (χ3v) is 5.05. The second kappa shape index (κ2) is 6.84. The number of methoxy groups -OCH3 is 2. The highest BCUT2D eigenvalue weighted by Gasteiger charge is 2.22.